The smallest absolute Gasteiger partial charge is 0.133 e. The Labute approximate surface area is 117 Å². The van der Waals surface area contributed by atoms with Crippen LogP contribution in [0.15, 0.2) is 12.1 Å². The van der Waals surface area contributed by atoms with E-state index in [0.717, 1.165) is 25.3 Å². The lowest BCUT2D eigenvalue weighted by Crippen LogP contribution is -2.37. The van der Waals surface area contributed by atoms with Crippen molar-refractivity contribution >= 4 is 23.1 Å². The molecule has 0 saturated carbocycles. The quantitative estimate of drug-likeness (QED) is 0.820. The number of rotatable bonds is 4. The van der Waals surface area contributed by atoms with E-state index in [1.54, 1.807) is 0 Å². The van der Waals surface area contributed by atoms with Crippen molar-refractivity contribution in [1.82, 2.24) is 4.98 Å². The number of pyridine rings is 1. The van der Waals surface area contributed by atoms with Crippen molar-refractivity contribution in [2.75, 3.05) is 30.0 Å². The monoisotopic (exact) mass is 283 g/mol. The average molecular weight is 284 g/mol. The van der Waals surface area contributed by atoms with E-state index >= 15 is 0 Å². The van der Waals surface area contributed by atoms with E-state index in [9.17, 15) is 0 Å². The molecule has 2 N–H and O–H groups in total. The van der Waals surface area contributed by atoms with Gasteiger partial charge in [-0.3, -0.25) is 0 Å². The Bertz CT molecular complexity index is 471. The molecule has 2 fully saturated rings. The first-order valence-corrected chi connectivity index (χ1v) is 6.96. The molecule has 0 amide bonds. The molecule has 3 heterocycles. The number of aliphatic hydroxyl groups is 1. The molecule has 2 aliphatic heterocycles. The Morgan fingerprint density at radius 2 is 2.47 bits per heavy atom. The molecule has 0 spiro atoms. The fourth-order valence-corrected chi connectivity index (χ4v) is 2.94. The van der Waals surface area contributed by atoms with Crippen molar-refractivity contribution in [3.63, 3.8) is 0 Å². The average Bonchev–Trinajstić information content (AvgIpc) is 3.00. The molecule has 6 heteroatoms. The van der Waals surface area contributed by atoms with Crippen molar-refractivity contribution in [3.05, 3.63) is 17.3 Å². The number of anilines is 2. The molecule has 3 rings (SSSR count). The summed E-state index contributed by atoms with van der Waals surface area (Å²) >= 11 is 6.09. The van der Waals surface area contributed by atoms with Gasteiger partial charge in [0, 0.05) is 24.3 Å². The maximum atomic E-state index is 9.08. The van der Waals surface area contributed by atoms with E-state index in [0.29, 0.717) is 23.1 Å². The van der Waals surface area contributed by atoms with Crippen LogP contribution in [0, 0.1) is 0 Å². The number of aliphatic hydroxyl groups excluding tert-OH is 1. The van der Waals surface area contributed by atoms with E-state index < -0.39 is 0 Å². The van der Waals surface area contributed by atoms with Crippen molar-refractivity contribution in [1.29, 1.82) is 0 Å². The third-order valence-electron chi connectivity index (χ3n) is 3.68. The molecule has 1 aromatic heterocycles. The van der Waals surface area contributed by atoms with Gasteiger partial charge in [-0.25, -0.2) is 4.98 Å². The number of hydrogen-bond acceptors (Lipinski definition) is 5. The van der Waals surface area contributed by atoms with Crippen LogP contribution in [0.3, 0.4) is 0 Å². The number of nitrogens with one attached hydrogen (secondary N) is 1. The van der Waals surface area contributed by atoms with Gasteiger partial charge in [0.05, 0.1) is 25.4 Å². The summed E-state index contributed by atoms with van der Waals surface area (Å²) in [7, 11) is 0. The Balaban J connectivity index is 1.81. The minimum absolute atomic E-state index is 0.0443. The summed E-state index contributed by atoms with van der Waals surface area (Å²) in [4.78, 5) is 6.57. The summed E-state index contributed by atoms with van der Waals surface area (Å²) in [6, 6.07) is 4.28. The highest BCUT2D eigenvalue weighted by Crippen LogP contribution is 2.34. The Hall–Kier alpha value is -1.04. The highest BCUT2D eigenvalue weighted by atomic mass is 35.5. The topological polar surface area (TPSA) is 57.6 Å². The third kappa shape index (κ3) is 2.63. The first-order valence-electron chi connectivity index (χ1n) is 6.59. The number of ether oxygens (including phenoxy) is 1. The largest absolute Gasteiger partial charge is 0.394 e. The third-order valence-corrected chi connectivity index (χ3v) is 3.87. The van der Waals surface area contributed by atoms with Crippen molar-refractivity contribution in [3.8, 4) is 0 Å². The van der Waals surface area contributed by atoms with E-state index in [1.165, 1.54) is 0 Å². The maximum Gasteiger partial charge on any atom is 0.133 e. The van der Waals surface area contributed by atoms with Crippen LogP contribution >= 0.6 is 11.6 Å². The molecule has 104 valence electrons. The van der Waals surface area contributed by atoms with Gasteiger partial charge in [0.15, 0.2) is 0 Å². The van der Waals surface area contributed by atoms with E-state index in [4.69, 9.17) is 21.4 Å². The predicted octanol–water partition coefficient (Wildman–Crippen LogP) is 1.51. The minimum Gasteiger partial charge on any atom is -0.394 e. The molecule has 19 heavy (non-hydrogen) atoms. The van der Waals surface area contributed by atoms with Gasteiger partial charge >= 0.3 is 0 Å². The van der Waals surface area contributed by atoms with E-state index in [2.05, 4.69) is 15.2 Å². The summed E-state index contributed by atoms with van der Waals surface area (Å²) in [6.07, 6.45) is 1.44. The first-order chi connectivity index (χ1) is 9.15. The van der Waals surface area contributed by atoms with Gasteiger partial charge in [0.25, 0.3) is 0 Å². The van der Waals surface area contributed by atoms with Crippen LogP contribution < -0.4 is 10.2 Å². The highest BCUT2D eigenvalue weighted by molar-refractivity contribution is 6.29. The van der Waals surface area contributed by atoms with Crippen LogP contribution in [0.5, 0.6) is 0 Å². The lowest BCUT2D eigenvalue weighted by atomic mass is 10.2. The molecule has 0 radical (unpaired) electrons. The summed E-state index contributed by atoms with van der Waals surface area (Å²) < 4.78 is 5.61. The molecule has 1 aromatic rings. The number of fused-ring (bicyclic) bond motifs is 2. The van der Waals surface area contributed by atoms with Gasteiger partial charge < -0.3 is 20.1 Å². The zero-order chi connectivity index (χ0) is 13.4. The predicted molar refractivity (Wildman–Crippen MR) is 74.9 cm³/mol. The van der Waals surface area contributed by atoms with Crippen LogP contribution in [0.2, 0.25) is 5.15 Å². The van der Waals surface area contributed by atoms with Crippen LogP contribution in [0.25, 0.3) is 0 Å². The first kappa shape index (κ1) is 13.0. The van der Waals surface area contributed by atoms with Crippen LogP contribution in [-0.2, 0) is 4.74 Å². The molecular weight excluding hydrogens is 266 g/mol. The molecule has 2 aliphatic rings. The Kier molecular flexibility index (Phi) is 3.52. The summed E-state index contributed by atoms with van der Waals surface area (Å²) in [5.41, 5.74) is 1.07. The van der Waals surface area contributed by atoms with Crippen LogP contribution in [0.1, 0.15) is 13.3 Å². The summed E-state index contributed by atoms with van der Waals surface area (Å²) in [5, 5.41) is 12.7. The molecule has 0 aromatic carbocycles. The number of aromatic nitrogens is 1. The van der Waals surface area contributed by atoms with E-state index in [1.807, 2.05) is 19.1 Å². The molecule has 0 aliphatic carbocycles. The van der Waals surface area contributed by atoms with Crippen LogP contribution in [-0.4, -0.2) is 48.0 Å². The fourth-order valence-electron chi connectivity index (χ4n) is 2.74. The number of morpholine rings is 1. The minimum atomic E-state index is -0.0443. The molecule has 5 nitrogen and oxygen atoms in total. The normalized spacial score (nSPS) is 26.8. The summed E-state index contributed by atoms with van der Waals surface area (Å²) in [5.74, 6) is 0.702. The van der Waals surface area contributed by atoms with Crippen molar-refractivity contribution in [2.24, 2.45) is 0 Å². The van der Waals surface area contributed by atoms with Gasteiger partial charge in [0.2, 0.25) is 0 Å². The van der Waals surface area contributed by atoms with Crippen molar-refractivity contribution < 1.29 is 9.84 Å². The standard InChI is InChI=1S/C13H18ClN3O2/c1-8(6-18)15-13-4-9(3-12(14)16-13)17-5-11-2-10(17)7-19-11/h3-4,8,10-11,18H,2,5-7H2,1H3,(H,15,16)/t8-,10?,11?/m0/s1. The second-order valence-corrected chi connectivity index (χ2v) is 5.65. The maximum absolute atomic E-state index is 9.08. The molecular formula is C13H18ClN3O2. The second-order valence-electron chi connectivity index (χ2n) is 5.26. The Morgan fingerprint density at radius 3 is 3.11 bits per heavy atom. The van der Waals surface area contributed by atoms with E-state index in [-0.39, 0.29) is 12.6 Å². The fraction of sp³-hybridized carbons (Fsp3) is 0.615. The van der Waals surface area contributed by atoms with Gasteiger partial charge in [-0.05, 0) is 19.4 Å². The van der Waals surface area contributed by atoms with Gasteiger partial charge in [0.1, 0.15) is 11.0 Å². The molecule has 2 saturated heterocycles. The zero-order valence-corrected chi connectivity index (χ0v) is 11.6. The second kappa shape index (κ2) is 5.15. The SMILES string of the molecule is C[C@@H](CO)Nc1cc(N2CC3CC2CO3)cc(Cl)n1. The van der Waals surface area contributed by atoms with Gasteiger partial charge in [-0.1, -0.05) is 11.6 Å². The van der Waals surface area contributed by atoms with Crippen LogP contribution in [0.4, 0.5) is 11.5 Å². The molecule has 3 atom stereocenters. The van der Waals surface area contributed by atoms with Gasteiger partial charge in [-0.15, -0.1) is 0 Å². The lowest BCUT2D eigenvalue weighted by molar-refractivity contribution is 0.0991. The molecule has 2 bridgehead atoms. The highest BCUT2D eigenvalue weighted by Gasteiger charge is 2.39. The number of nitrogens with zero attached hydrogens (tertiary/aromatic N) is 2. The van der Waals surface area contributed by atoms with Gasteiger partial charge in [-0.2, -0.15) is 0 Å². The number of halogens is 1. The Morgan fingerprint density at radius 1 is 1.63 bits per heavy atom. The molecule has 2 unspecified atom stereocenters. The van der Waals surface area contributed by atoms with Crippen molar-refractivity contribution in [2.45, 2.75) is 31.5 Å². The number of hydrogen-bond donors (Lipinski definition) is 2. The lowest BCUT2D eigenvalue weighted by Gasteiger charge is -2.29. The summed E-state index contributed by atoms with van der Waals surface area (Å²) in [6.45, 7) is 3.67. The zero-order valence-electron chi connectivity index (χ0n) is 10.8.